The predicted octanol–water partition coefficient (Wildman–Crippen LogP) is 6.48. The second-order valence-corrected chi connectivity index (χ2v) is 4.88. The third-order valence-electron chi connectivity index (χ3n) is 2.91. The molecule has 0 aromatic heterocycles. The van der Waals surface area contributed by atoms with Gasteiger partial charge in [0.05, 0.1) is 0 Å². The van der Waals surface area contributed by atoms with Crippen LogP contribution in [0.4, 0.5) is 79.0 Å². The SMILES string of the molecule is FC(F)(F)C(F)(F)C(F)(F)C(F)(F)C(F)(F)/C=C/C(F)(C(F)(F)F)C(F)(F)F. The van der Waals surface area contributed by atoms with Gasteiger partial charge in [0, 0.05) is 0 Å². The number of halogens is 18. The zero-order chi connectivity index (χ0) is 23.4. The highest BCUT2D eigenvalue weighted by Gasteiger charge is 2.87. The van der Waals surface area contributed by atoms with Crippen LogP contribution in [0, 0.1) is 0 Å². The summed E-state index contributed by atoms with van der Waals surface area (Å²) < 4.78 is 223. The third-order valence-corrected chi connectivity index (χ3v) is 2.91. The van der Waals surface area contributed by atoms with E-state index in [1.54, 1.807) is 0 Å². The van der Waals surface area contributed by atoms with Crippen LogP contribution < -0.4 is 0 Å². The third kappa shape index (κ3) is 3.81. The molecule has 168 valence electrons. The van der Waals surface area contributed by atoms with E-state index in [0.29, 0.717) is 0 Å². The lowest BCUT2D eigenvalue weighted by atomic mass is 9.95. The molecule has 0 nitrogen and oxygen atoms in total. The smallest absolute Gasteiger partial charge is 0.219 e. The van der Waals surface area contributed by atoms with Crippen molar-refractivity contribution in [3.63, 3.8) is 0 Å². The molecule has 0 aromatic rings. The molecule has 0 bridgehead atoms. The maximum absolute atomic E-state index is 13.0. The molecular formula is C10H2F18. The first kappa shape index (κ1) is 26.5. The van der Waals surface area contributed by atoms with Gasteiger partial charge in [-0.3, -0.25) is 0 Å². The maximum Gasteiger partial charge on any atom is 0.460 e. The number of alkyl halides is 18. The highest BCUT2D eigenvalue weighted by atomic mass is 19.4. The molecule has 0 saturated carbocycles. The quantitative estimate of drug-likeness (QED) is 0.323. The summed E-state index contributed by atoms with van der Waals surface area (Å²) in [5, 5.41) is 0. The highest BCUT2D eigenvalue weighted by Crippen LogP contribution is 2.58. The van der Waals surface area contributed by atoms with E-state index in [0.717, 1.165) is 0 Å². The van der Waals surface area contributed by atoms with Crippen molar-refractivity contribution < 1.29 is 79.0 Å². The largest absolute Gasteiger partial charge is 0.460 e. The second kappa shape index (κ2) is 6.50. The van der Waals surface area contributed by atoms with Crippen molar-refractivity contribution in [2.24, 2.45) is 0 Å². The molecule has 0 spiro atoms. The van der Waals surface area contributed by atoms with Gasteiger partial charge in [-0.1, -0.05) is 0 Å². The van der Waals surface area contributed by atoms with Gasteiger partial charge in [0.2, 0.25) is 0 Å². The van der Waals surface area contributed by atoms with Crippen molar-refractivity contribution in [1.29, 1.82) is 0 Å². The number of rotatable bonds is 5. The van der Waals surface area contributed by atoms with Gasteiger partial charge in [-0.05, 0) is 12.2 Å². The minimum Gasteiger partial charge on any atom is -0.219 e. The Labute approximate surface area is 140 Å². The van der Waals surface area contributed by atoms with E-state index in [9.17, 15) is 79.0 Å². The minimum atomic E-state index is -8.08. The molecule has 0 rings (SSSR count). The van der Waals surface area contributed by atoms with Crippen LogP contribution >= 0.6 is 0 Å². The Morgan fingerprint density at radius 3 is 0.893 bits per heavy atom. The topological polar surface area (TPSA) is 0 Å². The number of hydrogen-bond acceptors (Lipinski definition) is 0. The molecule has 0 unspecified atom stereocenters. The highest BCUT2D eigenvalue weighted by molar-refractivity contribution is 5.19. The van der Waals surface area contributed by atoms with Crippen LogP contribution in [-0.4, -0.2) is 47.9 Å². The van der Waals surface area contributed by atoms with Crippen LogP contribution in [0.1, 0.15) is 0 Å². The lowest BCUT2D eigenvalue weighted by molar-refractivity contribution is -0.417. The first-order chi connectivity index (χ1) is 11.7. The van der Waals surface area contributed by atoms with Crippen LogP contribution in [0.5, 0.6) is 0 Å². The van der Waals surface area contributed by atoms with Crippen molar-refractivity contribution in [3.05, 3.63) is 12.2 Å². The van der Waals surface area contributed by atoms with Crippen molar-refractivity contribution in [3.8, 4) is 0 Å². The standard InChI is InChI=1S/C10H2F18/c11-3(8(20,21)22,9(23,24)25)1-2-4(12,13)5(14,15)6(16,17)7(18,19)10(26,27)28/h1-2H/b2-1+. The molecule has 0 heterocycles. The molecule has 28 heavy (non-hydrogen) atoms. The molecule has 0 atom stereocenters. The molecule has 0 aromatic carbocycles. The molecule has 0 aliphatic rings. The van der Waals surface area contributed by atoms with Crippen LogP contribution in [-0.2, 0) is 0 Å². The zero-order valence-corrected chi connectivity index (χ0v) is 12.0. The van der Waals surface area contributed by atoms with Gasteiger partial charge in [0.25, 0.3) is 0 Å². The molecular weight excluding hydrogens is 462 g/mol. The Morgan fingerprint density at radius 1 is 0.321 bits per heavy atom. The van der Waals surface area contributed by atoms with Gasteiger partial charge in [-0.25, -0.2) is 4.39 Å². The molecule has 0 saturated heterocycles. The molecule has 0 aliphatic carbocycles. The summed E-state index contributed by atoms with van der Waals surface area (Å²) in [5.41, 5.74) is -6.86. The normalized spacial score (nSPS) is 16.8. The van der Waals surface area contributed by atoms with E-state index in [1.165, 1.54) is 0 Å². The van der Waals surface area contributed by atoms with Gasteiger partial charge < -0.3 is 0 Å². The lowest BCUT2D eigenvalue weighted by Crippen LogP contribution is -2.66. The average Bonchev–Trinajstić information content (AvgIpc) is 2.40. The van der Waals surface area contributed by atoms with E-state index in [1.807, 2.05) is 0 Å². The molecule has 0 amide bonds. The monoisotopic (exact) mass is 464 g/mol. The van der Waals surface area contributed by atoms with Gasteiger partial charge in [-0.15, -0.1) is 0 Å². The molecule has 0 fully saturated rings. The van der Waals surface area contributed by atoms with Crippen molar-refractivity contribution >= 4 is 0 Å². The molecule has 0 radical (unpaired) electrons. The lowest BCUT2D eigenvalue weighted by Gasteiger charge is -2.36. The van der Waals surface area contributed by atoms with E-state index in [4.69, 9.17) is 0 Å². The Morgan fingerprint density at radius 2 is 0.643 bits per heavy atom. The fourth-order valence-electron chi connectivity index (χ4n) is 1.26. The van der Waals surface area contributed by atoms with Crippen molar-refractivity contribution in [2.75, 3.05) is 0 Å². The van der Waals surface area contributed by atoms with Gasteiger partial charge in [0.15, 0.2) is 0 Å². The van der Waals surface area contributed by atoms with Crippen molar-refractivity contribution in [1.82, 2.24) is 0 Å². The zero-order valence-electron chi connectivity index (χ0n) is 12.0. The van der Waals surface area contributed by atoms with Gasteiger partial charge in [-0.2, -0.15) is 74.6 Å². The van der Waals surface area contributed by atoms with E-state index in [2.05, 4.69) is 0 Å². The number of allylic oxidation sites excluding steroid dienone is 2. The van der Waals surface area contributed by atoms with Crippen LogP contribution in [0.2, 0.25) is 0 Å². The summed E-state index contributed by atoms with van der Waals surface area (Å²) in [5.74, 6) is -31.2. The Balaban J connectivity index is 6.42. The molecule has 18 heteroatoms. The van der Waals surface area contributed by atoms with Crippen LogP contribution in [0.25, 0.3) is 0 Å². The predicted molar refractivity (Wildman–Crippen MR) is 50.9 cm³/mol. The average molecular weight is 464 g/mol. The van der Waals surface area contributed by atoms with Gasteiger partial charge in [0.1, 0.15) is 0 Å². The van der Waals surface area contributed by atoms with E-state index >= 15 is 0 Å². The minimum absolute atomic E-state index is 2.46. The summed E-state index contributed by atoms with van der Waals surface area (Å²) in [6.45, 7) is 0. The second-order valence-electron chi connectivity index (χ2n) is 4.88. The fourth-order valence-corrected chi connectivity index (χ4v) is 1.26. The first-order valence-corrected chi connectivity index (χ1v) is 5.81. The Hall–Kier alpha value is -1.52. The summed E-state index contributed by atoms with van der Waals surface area (Å²) in [6.07, 6.45) is -27.0. The molecule has 0 N–H and O–H groups in total. The fraction of sp³-hybridized carbons (Fsp3) is 0.800. The summed E-state index contributed by atoms with van der Waals surface area (Å²) in [7, 11) is 0. The summed E-state index contributed by atoms with van der Waals surface area (Å²) >= 11 is 0. The van der Waals surface area contributed by atoms with Gasteiger partial charge >= 0.3 is 47.9 Å². The summed E-state index contributed by atoms with van der Waals surface area (Å²) in [6, 6.07) is 0. The Bertz CT molecular complexity index is 569. The molecule has 0 aliphatic heterocycles. The summed E-state index contributed by atoms with van der Waals surface area (Å²) in [4.78, 5) is 0. The first-order valence-electron chi connectivity index (χ1n) is 5.81. The number of hydrogen-bond donors (Lipinski definition) is 0. The van der Waals surface area contributed by atoms with Crippen molar-refractivity contribution in [2.45, 2.75) is 47.9 Å². The van der Waals surface area contributed by atoms with E-state index in [-0.39, 0.29) is 0 Å². The van der Waals surface area contributed by atoms with Crippen LogP contribution in [0.3, 0.4) is 0 Å². The Kier molecular flexibility index (Phi) is 6.14. The van der Waals surface area contributed by atoms with Crippen LogP contribution in [0.15, 0.2) is 12.2 Å². The maximum atomic E-state index is 13.0. The van der Waals surface area contributed by atoms with E-state index < -0.39 is 60.0 Å².